The van der Waals surface area contributed by atoms with E-state index in [1.54, 1.807) is 13.2 Å². The van der Waals surface area contributed by atoms with Gasteiger partial charge in [0.15, 0.2) is 5.88 Å². The van der Waals surface area contributed by atoms with Crippen LogP contribution >= 0.6 is 0 Å². The van der Waals surface area contributed by atoms with Crippen molar-refractivity contribution in [1.29, 1.82) is 0 Å². The maximum atomic E-state index is 11.4. The number of anilines is 1. The molecule has 1 saturated heterocycles. The number of amides is 1. The number of hydrogen-bond donors (Lipinski definition) is 1. The fraction of sp³-hybridized carbons (Fsp3) is 0.583. The van der Waals surface area contributed by atoms with E-state index in [1.165, 1.54) is 6.42 Å². The van der Waals surface area contributed by atoms with Crippen molar-refractivity contribution < 1.29 is 9.21 Å². The molecule has 16 heavy (non-hydrogen) atoms. The van der Waals surface area contributed by atoms with E-state index in [1.807, 2.05) is 17.0 Å². The average Bonchev–Trinajstić information content (AvgIpc) is 2.79. The first-order valence-corrected chi connectivity index (χ1v) is 5.82. The second-order valence-electron chi connectivity index (χ2n) is 4.22. The number of hydrogen-bond acceptors (Lipinski definition) is 3. The van der Waals surface area contributed by atoms with Crippen LogP contribution in [0, 0.1) is 0 Å². The topological polar surface area (TPSA) is 45.5 Å². The highest BCUT2D eigenvalue weighted by Crippen LogP contribution is 2.18. The second-order valence-corrected chi connectivity index (χ2v) is 4.22. The Bertz CT molecular complexity index is 335. The molecule has 1 aromatic rings. The highest BCUT2D eigenvalue weighted by atomic mass is 16.3. The van der Waals surface area contributed by atoms with Crippen LogP contribution in [0.5, 0.6) is 0 Å². The smallest absolute Gasteiger partial charge is 0.219 e. The van der Waals surface area contributed by atoms with Gasteiger partial charge in [-0.05, 0) is 25.3 Å². The van der Waals surface area contributed by atoms with E-state index in [9.17, 15) is 4.79 Å². The van der Waals surface area contributed by atoms with E-state index in [-0.39, 0.29) is 5.91 Å². The molecular weight excluding hydrogens is 204 g/mol. The quantitative estimate of drug-likeness (QED) is 0.851. The Kier molecular flexibility index (Phi) is 3.49. The normalized spacial score (nSPS) is 20.8. The monoisotopic (exact) mass is 222 g/mol. The lowest BCUT2D eigenvalue weighted by Crippen LogP contribution is -2.46. The van der Waals surface area contributed by atoms with Crippen molar-refractivity contribution in [2.75, 3.05) is 18.4 Å². The van der Waals surface area contributed by atoms with Crippen molar-refractivity contribution in [3.8, 4) is 0 Å². The zero-order chi connectivity index (χ0) is 11.4. The SMILES string of the molecule is CC(=O)N1CCCCC1CNc1ccco1. The van der Waals surface area contributed by atoms with Crippen LogP contribution in [0.25, 0.3) is 0 Å². The maximum absolute atomic E-state index is 11.4. The average molecular weight is 222 g/mol. The number of rotatable bonds is 3. The molecule has 0 radical (unpaired) electrons. The Hall–Kier alpha value is -1.45. The Morgan fingerprint density at radius 1 is 1.62 bits per heavy atom. The van der Waals surface area contributed by atoms with Crippen molar-refractivity contribution in [1.82, 2.24) is 4.90 Å². The van der Waals surface area contributed by atoms with Gasteiger partial charge in [-0.25, -0.2) is 0 Å². The third-order valence-electron chi connectivity index (χ3n) is 3.06. The molecule has 1 atom stereocenters. The predicted molar refractivity (Wildman–Crippen MR) is 62.2 cm³/mol. The van der Waals surface area contributed by atoms with Crippen molar-refractivity contribution in [2.45, 2.75) is 32.2 Å². The van der Waals surface area contributed by atoms with Crippen LogP contribution in [0.4, 0.5) is 5.88 Å². The lowest BCUT2D eigenvalue weighted by Gasteiger charge is -2.35. The Morgan fingerprint density at radius 3 is 3.19 bits per heavy atom. The zero-order valence-corrected chi connectivity index (χ0v) is 9.61. The number of carbonyl (C=O) groups excluding carboxylic acids is 1. The van der Waals surface area contributed by atoms with Gasteiger partial charge in [0, 0.05) is 32.1 Å². The molecule has 4 nitrogen and oxygen atoms in total. The first-order chi connectivity index (χ1) is 7.77. The van der Waals surface area contributed by atoms with Crippen molar-refractivity contribution in [3.05, 3.63) is 18.4 Å². The van der Waals surface area contributed by atoms with Crippen LogP contribution in [0.1, 0.15) is 26.2 Å². The summed E-state index contributed by atoms with van der Waals surface area (Å²) in [7, 11) is 0. The molecule has 0 aliphatic carbocycles. The summed E-state index contributed by atoms with van der Waals surface area (Å²) in [4.78, 5) is 13.4. The second kappa shape index (κ2) is 5.05. The van der Waals surface area contributed by atoms with Crippen molar-refractivity contribution in [2.24, 2.45) is 0 Å². The number of likely N-dealkylation sites (tertiary alicyclic amines) is 1. The molecule has 1 N–H and O–H groups in total. The Balaban J connectivity index is 1.89. The van der Waals surface area contributed by atoms with Crippen LogP contribution in [-0.2, 0) is 4.79 Å². The van der Waals surface area contributed by atoms with Crippen LogP contribution in [0.3, 0.4) is 0 Å². The van der Waals surface area contributed by atoms with Gasteiger partial charge >= 0.3 is 0 Å². The van der Waals surface area contributed by atoms with Gasteiger partial charge < -0.3 is 14.6 Å². The molecule has 1 aliphatic rings. The van der Waals surface area contributed by atoms with Crippen molar-refractivity contribution >= 4 is 11.8 Å². The van der Waals surface area contributed by atoms with Crippen LogP contribution in [0.15, 0.2) is 22.8 Å². The van der Waals surface area contributed by atoms with Gasteiger partial charge in [0.05, 0.1) is 6.26 Å². The van der Waals surface area contributed by atoms with E-state index >= 15 is 0 Å². The van der Waals surface area contributed by atoms with E-state index in [2.05, 4.69) is 5.32 Å². The molecule has 2 heterocycles. The van der Waals surface area contributed by atoms with Gasteiger partial charge in [-0.15, -0.1) is 0 Å². The molecule has 0 saturated carbocycles. The van der Waals surface area contributed by atoms with Gasteiger partial charge in [0.25, 0.3) is 0 Å². The summed E-state index contributed by atoms with van der Waals surface area (Å²) in [6.45, 7) is 3.30. The minimum absolute atomic E-state index is 0.172. The third kappa shape index (κ3) is 2.56. The molecule has 2 rings (SSSR count). The minimum Gasteiger partial charge on any atom is -0.449 e. The van der Waals surface area contributed by atoms with Crippen LogP contribution in [0.2, 0.25) is 0 Å². The highest BCUT2D eigenvalue weighted by molar-refractivity contribution is 5.73. The van der Waals surface area contributed by atoms with Crippen LogP contribution in [-0.4, -0.2) is 29.9 Å². The zero-order valence-electron chi connectivity index (χ0n) is 9.61. The molecule has 0 aromatic carbocycles. The summed E-state index contributed by atoms with van der Waals surface area (Å²) in [6, 6.07) is 4.05. The number of piperidine rings is 1. The minimum atomic E-state index is 0.172. The molecule has 0 spiro atoms. The Labute approximate surface area is 95.6 Å². The fourth-order valence-electron chi connectivity index (χ4n) is 2.22. The highest BCUT2D eigenvalue weighted by Gasteiger charge is 2.23. The molecule has 1 unspecified atom stereocenters. The molecule has 1 fully saturated rings. The summed E-state index contributed by atoms with van der Waals surface area (Å²) < 4.78 is 5.21. The van der Waals surface area contributed by atoms with E-state index in [0.29, 0.717) is 6.04 Å². The van der Waals surface area contributed by atoms with Crippen molar-refractivity contribution in [3.63, 3.8) is 0 Å². The largest absolute Gasteiger partial charge is 0.449 e. The number of nitrogens with zero attached hydrogens (tertiary/aromatic N) is 1. The lowest BCUT2D eigenvalue weighted by atomic mass is 10.0. The van der Waals surface area contributed by atoms with Gasteiger partial charge in [0.2, 0.25) is 5.91 Å². The first-order valence-electron chi connectivity index (χ1n) is 5.82. The van der Waals surface area contributed by atoms with E-state index < -0.39 is 0 Å². The molecule has 1 aromatic heterocycles. The summed E-state index contributed by atoms with van der Waals surface area (Å²) in [5, 5.41) is 3.22. The summed E-state index contributed by atoms with van der Waals surface area (Å²) in [5.74, 6) is 0.944. The number of carbonyl (C=O) groups is 1. The summed E-state index contributed by atoms with van der Waals surface area (Å²) in [5.41, 5.74) is 0. The molecule has 1 aliphatic heterocycles. The van der Waals surface area contributed by atoms with Gasteiger partial charge in [-0.3, -0.25) is 4.79 Å². The molecule has 4 heteroatoms. The maximum Gasteiger partial charge on any atom is 0.219 e. The predicted octanol–water partition coefficient (Wildman–Crippen LogP) is 2.09. The van der Waals surface area contributed by atoms with Crippen LogP contribution < -0.4 is 5.32 Å². The standard InChI is InChI=1S/C12H18N2O2/c1-10(15)14-7-3-2-5-11(14)9-13-12-6-4-8-16-12/h4,6,8,11,13H,2-3,5,7,9H2,1H3. The summed E-state index contributed by atoms with van der Waals surface area (Å²) >= 11 is 0. The number of furan rings is 1. The lowest BCUT2D eigenvalue weighted by molar-refractivity contribution is -0.132. The van der Waals surface area contributed by atoms with Gasteiger partial charge in [-0.1, -0.05) is 0 Å². The molecule has 1 amide bonds. The third-order valence-corrected chi connectivity index (χ3v) is 3.06. The summed E-state index contributed by atoms with van der Waals surface area (Å²) in [6.07, 6.45) is 5.05. The fourth-order valence-corrected chi connectivity index (χ4v) is 2.22. The molecule has 0 bridgehead atoms. The number of nitrogens with one attached hydrogen (secondary N) is 1. The first kappa shape index (κ1) is 11.0. The Morgan fingerprint density at radius 2 is 2.50 bits per heavy atom. The van der Waals surface area contributed by atoms with E-state index in [4.69, 9.17) is 4.42 Å². The van der Waals surface area contributed by atoms with Gasteiger partial charge in [0.1, 0.15) is 0 Å². The van der Waals surface area contributed by atoms with Gasteiger partial charge in [-0.2, -0.15) is 0 Å². The molecule has 88 valence electrons. The molecular formula is C12H18N2O2. The van der Waals surface area contributed by atoms with E-state index in [0.717, 1.165) is 31.8 Å².